The number of likely N-dealkylation sites (tertiary alicyclic amines) is 2. The number of rotatable bonds is 5. The molecule has 0 aromatic carbocycles. The quantitative estimate of drug-likeness (QED) is 0.689. The van der Waals surface area contributed by atoms with Crippen LogP contribution in [-0.2, 0) is 19.8 Å². The summed E-state index contributed by atoms with van der Waals surface area (Å²) in [6.45, 7) is 7.43. The molecule has 24 heavy (non-hydrogen) atoms. The highest BCUT2D eigenvalue weighted by atomic mass is 32.3. The first-order valence-corrected chi connectivity index (χ1v) is 9.66. The standard InChI is InChI=1S/C15H25FN2O5S/c1-15(2,3)23-14(20)18-7-11(8-18)4-5-17-9-12(6-13(17)19)10-24(16,21)22/h11-12H,4-10H2,1-3H3. The number of halogens is 1. The molecule has 0 saturated carbocycles. The summed E-state index contributed by atoms with van der Waals surface area (Å²) in [5.74, 6) is -0.890. The van der Waals surface area contributed by atoms with Gasteiger partial charge in [0, 0.05) is 38.5 Å². The van der Waals surface area contributed by atoms with E-state index < -0.39 is 27.5 Å². The van der Waals surface area contributed by atoms with Crippen molar-refractivity contribution in [1.82, 2.24) is 9.80 Å². The minimum atomic E-state index is -4.55. The number of carbonyl (C=O) groups is 2. The molecule has 2 amide bonds. The number of amides is 2. The molecule has 0 aromatic rings. The largest absolute Gasteiger partial charge is 0.444 e. The van der Waals surface area contributed by atoms with Gasteiger partial charge in [-0.3, -0.25) is 4.79 Å². The van der Waals surface area contributed by atoms with E-state index in [0.29, 0.717) is 25.6 Å². The van der Waals surface area contributed by atoms with Gasteiger partial charge in [-0.1, -0.05) is 0 Å². The second-order valence-corrected chi connectivity index (χ2v) is 9.07. The monoisotopic (exact) mass is 364 g/mol. The Kier molecular flexibility index (Phi) is 5.41. The van der Waals surface area contributed by atoms with Gasteiger partial charge in [0.1, 0.15) is 5.60 Å². The fourth-order valence-electron chi connectivity index (χ4n) is 3.03. The lowest BCUT2D eigenvalue weighted by Gasteiger charge is -2.40. The summed E-state index contributed by atoms with van der Waals surface area (Å²) in [5, 5.41) is 0. The Hall–Kier alpha value is -1.38. The Labute approximate surface area is 142 Å². The molecule has 1 unspecified atom stereocenters. The average Bonchev–Trinajstić information content (AvgIpc) is 2.62. The van der Waals surface area contributed by atoms with Crippen LogP contribution in [0.2, 0.25) is 0 Å². The van der Waals surface area contributed by atoms with Crippen molar-refractivity contribution in [2.45, 2.75) is 39.2 Å². The van der Waals surface area contributed by atoms with Gasteiger partial charge >= 0.3 is 16.3 Å². The van der Waals surface area contributed by atoms with Crippen molar-refractivity contribution in [3.8, 4) is 0 Å². The molecule has 0 spiro atoms. The molecule has 0 bridgehead atoms. The maximum atomic E-state index is 12.7. The van der Waals surface area contributed by atoms with E-state index in [-0.39, 0.29) is 25.0 Å². The Balaban J connectivity index is 1.69. The smallest absolute Gasteiger partial charge is 0.410 e. The van der Waals surface area contributed by atoms with Crippen molar-refractivity contribution in [3.63, 3.8) is 0 Å². The second-order valence-electron chi connectivity index (χ2n) is 7.66. The van der Waals surface area contributed by atoms with Crippen molar-refractivity contribution in [1.29, 1.82) is 0 Å². The van der Waals surface area contributed by atoms with Crippen molar-refractivity contribution < 1.29 is 26.6 Å². The van der Waals surface area contributed by atoms with E-state index in [4.69, 9.17) is 4.74 Å². The normalized spacial score (nSPS) is 22.7. The number of hydrogen-bond donors (Lipinski definition) is 0. The van der Waals surface area contributed by atoms with Crippen molar-refractivity contribution in [3.05, 3.63) is 0 Å². The lowest BCUT2D eigenvalue weighted by molar-refractivity contribution is -0.128. The van der Waals surface area contributed by atoms with E-state index in [1.807, 2.05) is 20.8 Å². The number of hydrogen-bond acceptors (Lipinski definition) is 5. The van der Waals surface area contributed by atoms with Crippen LogP contribution < -0.4 is 0 Å². The SMILES string of the molecule is CC(C)(C)OC(=O)N1CC(CCN2CC(CS(=O)(=O)F)CC2=O)C1. The zero-order valence-corrected chi connectivity index (χ0v) is 15.1. The Bertz CT molecular complexity index is 595. The summed E-state index contributed by atoms with van der Waals surface area (Å²) >= 11 is 0. The summed E-state index contributed by atoms with van der Waals surface area (Å²) in [4.78, 5) is 26.9. The van der Waals surface area contributed by atoms with E-state index in [1.165, 1.54) is 0 Å². The topological polar surface area (TPSA) is 84.0 Å². The molecule has 9 heteroatoms. The highest BCUT2D eigenvalue weighted by Gasteiger charge is 2.36. The summed E-state index contributed by atoms with van der Waals surface area (Å²) in [7, 11) is -4.55. The lowest BCUT2D eigenvalue weighted by atomic mass is 9.97. The molecular weight excluding hydrogens is 339 g/mol. The van der Waals surface area contributed by atoms with Crippen LogP contribution in [0, 0.1) is 11.8 Å². The zero-order chi connectivity index (χ0) is 18.1. The first-order chi connectivity index (χ1) is 10.9. The second kappa shape index (κ2) is 6.85. The fourth-order valence-corrected chi connectivity index (χ4v) is 3.82. The van der Waals surface area contributed by atoms with Crippen LogP contribution in [0.15, 0.2) is 0 Å². The third-order valence-corrected chi connectivity index (χ3v) is 5.02. The van der Waals surface area contributed by atoms with Gasteiger partial charge in [0.15, 0.2) is 0 Å². The average molecular weight is 364 g/mol. The minimum Gasteiger partial charge on any atom is -0.444 e. The summed E-state index contributed by atoms with van der Waals surface area (Å²) < 4.78 is 39.3. The van der Waals surface area contributed by atoms with Crippen molar-refractivity contribution >= 4 is 22.2 Å². The van der Waals surface area contributed by atoms with Crippen LogP contribution in [0.1, 0.15) is 33.6 Å². The van der Waals surface area contributed by atoms with Crippen LogP contribution in [0.3, 0.4) is 0 Å². The molecular formula is C15H25FN2O5S. The van der Waals surface area contributed by atoms with Gasteiger partial charge in [0.2, 0.25) is 5.91 Å². The van der Waals surface area contributed by atoms with Gasteiger partial charge in [-0.15, -0.1) is 3.89 Å². The lowest BCUT2D eigenvalue weighted by Crippen LogP contribution is -2.52. The van der Waals surface area contributed by atoms with Gasteiger partial charge < -0.3 is 14.5 Å². The van der Waals surface area contributed by atoms with Crippen molar-refractivity contribution in [2.24, 2.45) is 11.8 Å². The zero-order valence-electron chi connectivity index (χ0n) is 14.3. The van der Waals surface area contributed by atoms with Gasteiger partial charge in [0.05, 0.1) is 5.75 Å². The number of nitrogens with zero attached hydrogens (tertiary/aromatic N) is 2. The summed E-state index contributed by atoms with van der Waals surface area (Å²) in [6.07, 6.45) is 0.488. The maximum Gasteiger partial charge on any atom is 0.410 e. The predicted octanol–water partition coefficient (Wildman–Crippen LogP) is 1.39. The summed E-state index contributed by atoms with van der Waals surface area (Å²) in [5.41, 5.74) is -0.518. The third-order valence-electron chi connectivity index (χ3n) is 4.15. The van der Waals surface area contributed by atoms with Gasteiger partial charge in [-0.25, -0.2) is 4.79 Å². The van der Waals surface area contributed by atoms with E-state index in [1.54, 1.807) is 9.80 Å². The maximum absolute atomic E-state index is 12.7. The number of carbonyl (C=O) groups excluding carboxylic acids is 2. The molecule has 0 aromatic heterocycles. The fraction of sp³-hybridized carbons (Fsp3) is 0.867. The molecule has 2 saturated heterocycles. The molecule has 7 nitrogen and oxygen atoms in total. The molecule has 0 N–H and O–H groups in total. The van der Waals surface area contributed by atoms with E-state index in [0.717, 1.165) is 6.42 Å². The molecule has 2 fully saturated rings. The molecule has 0 aliphatic carbocycles. The minimum absolute atomic E-state index is 0.0812. The first kappa shape index (κ1) is 19.0. The van der Waals surface area contributed by atoms with E-state index in [9.17, 15) is 21.9 Å². The van der Waals surface area contributed by atoms with Crippen LogP contribution in [0.5, 0.6) is 0 Å². The Morgan fingerprint density at radius 2 is 1.88 bits per heavy atom. The van der Waals surface area contributed by atoms with E-state index >= 15 is 0 Å². The van der Waals surface area contributed by atoms with Gasteiger partial charge in [0.25, 0.3) is 0 Å². The highest BCUT2D eigenvalue weighted by molar-refractivity contribution is 7.86. The third kappa shape index (κ3) is 5.61. The van der Waals surface area contributed by atoms with Gasteiger partial charge in [-0.2, -0.15) is 8.42 Å². The molecule has 1 atom stereocenters. The predicted molar refractivity (Wildman–Crippen MR) is 85.5 cm³/mol. The molecule has 2 aliphatic heterocycles. The Morgan fingerprint density at radius 1 is 1.25 bits per heavy atom. The van der Waals surface area contributed by atoms with E-state index in [2.05, 4.69) is 0 Å². The highest BCUT2D eigenvalue weighted by Crippen LogP contribution is 2.25. The molecule has 0 radical (unpaired) electrons. The molecule has 138 valence electrons. The molecule has 2 aliphatic rings. The Morgan fingerprint density at radius 3 is 2.42 bits per heavy atom. The van der Waals surface area contributed by atoms with Crippen LogP contribution in [0.25, 0.3) is 0 Å². The molecule has 2 rings (SSSR count). The first-order valence-electron chi connectivity index (χ1n) is 8.11. The van der Waals surface area contributed by atoms with Gasteiger partial charge in [-0.05, 0) is 33.1 Å². The van der Waals surface area contributed by atoms with Crippen LogP contribution in [0.4, 0.5) is 8.68 Å². The van der Waals surface area contributed by atoms with Crippen LogP contribution in [-0.4, -0.2) is 67.8 Å². The number of ether oxygens (including phenoxy) is 1. The van der Waals surface area contributed by atoms with Crippen LogP contribution >= 0.6 is 0 Å². The molecule has 2 heterocycles. The summed E-state index contributed by atoms with van der Waals surface area (Å²) in [6, 6.07) is 0. The van der Waals surface area contributed by atoms with Crippen molar-refractivity contribution in [2.75, 3.05) is 31.9 Å².